The lowest BCUT2D eigenvalue weighted by Gasteiger charge is -2.21. The fraction of sp³-hybridized carbons (Fsp3) is 0.600. The molecule has 1 unspecified atom stereocenters. The van der Waals surface area contributed by atoms with Crippen LogP contribution in [0.4, 0.5) is 0 Å². The predicted octanol–water partition coefficient (Wildman–Crippen LogP) is 5.08. The lowest BCUT2D eigenvalue weighted by Crippen LogP contribution is -2.40. The Balaban J connectivity index is 0.00000289. The molecule has 176 valence electrons. The van der Waals surface area contributed by atoms with Gasteiger partial charge in [-0.2, -0.15) is 0 Å². The highest BCUT2D eigenvalue weighted by atomic mass is 127. The number of rotatable bonds is 9. The third-order valence-corrected chi connectivity index (χ3v) is 7.30. The number of aryl methyl sites for hydroxylation is 3. The number of fused-ring (bicyclic) bond motifs is 1. The first-order valence-corrected chi connectivity index (χ1v) is 12.8. The molecule has 1 fully saturated rings. The summed E-state index contributed by atoms with van der Waals surface area (Å²) >= 11 is 1.94. The number of nitrogens with zero attached hydrogens (tertiary/aromatic N) is 3. The van der Waals surface area contributed by atoms with E-state index in [4.69, 9.17) is 14.7 Å². The van der Waals surface area contributed by atoms with Gasteiger partial charge in [0, 0.05) is 43.4 Å². The van der Waals surface area contributed by atoms with Crippen molar-refractivity contribution in [3.8, 4) is 0 Å². The van der Waals surface area contributed by atoms with Crippen LogP contribution >= 0.6 is 35.3 Å². The molecule has 4 rings (SSSR count). The minimum absolute atomic E-state index is 0. The molecule has 1 aromatic heterocycles. The summed E-state index contributed by atoms with van der Waals surface area (Å²) in [6.07, 6.45) is 8.35. The Hall–Kier alpha value is -1.19. The van der Waals surface area contributed by atoms with Gasteiger partial charge in [0.25, 0.3) is 0 Å². The summed E-state index contributed by atoms with van der Waals surface area (Å²) in [6, 6.07) is 10.4. The summed E-state index contributed by atoms with van der Waals surface area (Å²) in [4.78, 5) is 13.7. The van der Waals surface area contributed by atoms with E-state index in [0.29, 0.717) is 12.5 Å². The maximum Gasteiger partial charge on any atom is 0.193 e. The summed E-state index contributed by atoms with van der Waals surface area (Å²) in [7, 11) is 0. The minimum atomic E-state index is 0. The van der Waals surface area contributed by atoms with Crippen molar-refractivity contribution in [3.05, 3.63) is 51.5 Å². The fourth-order valence-electron chi connectivity index (χ4n) is 4.43. The number of hydrogen-bond donors (Lipinski definition) is 1. The van der Waals surface area contributed by atoms with E-state index in [1.807, 2.05) is 17.4 Å². The summed E-state index contributed by atoms with van der Waals surface area (Å²) in [5, 5.41) is 4.80. The van der Waals surface area contributed by atoms with E-state index in [1.165, 1.54) is 53.2 Å². The quantitative estimate of drug-likeness (QED) is 0.199. The van der Waals surface area contributed by atoms with Crippen LogP contribution in [-0.2, 0) is 30.6 Å². The zero-order chi connectivity index (χ0) is 21.3. The molecule has 1 N–H and O–H groups in total. The van der Waals surface area contributed by atoms with Crippen molar-refractivity contribution in [2.24, 2.45) is 10.9 Å². The number of likely N-dealkylation sites (tertiary alicyclic amines) is 1. The van der Waals surface area contributed by atoms with Crippen LogP contribution in [0, 0.1) is 5.92 Å². The van der Waals surface area contributed by atoms with Gasteiger partial charge in [0.1, 0.15) is 0 Å². The van der Waals surface area contributed by atoms with Crippen molar-refractivity contribution in [2.75, 3.05) is 32.8 Å². The van der Waals surface area contributed by atoms with Crippen LogP contribution in [-0.4, -0.2) is 48.6 Å². The number of benzene rings is 1. The van der Waals surface area contributed by atoms with E-state index in [9.17, 15) is 0 Å². The molecule has 1 aromatic carbocycles. The highest BCUT2D eigenvalue weighted by molar-refractivity contribution is 14.0. The average Bonchev–Trinajstić information content (AvgIpc) is 3.43. The molecule has 2 heterocycles. The van der Waals surface area contributed by atoms with E-state index in [2.05, 4.69) is 41.4 Å². The van der Waals surface area contributed by atoms with Crippen molar-refractivity contribution in [1.29, 1.82) is 0 Å². The second kappa shape index (κ2) is 13.5. The number of nitrogens with one attached hydrogen (secondary N) is 1. The van der Waals surface area contributed by atoms with Gasteiger partial charge in [-0.1, -0.05) is 30.3 Å². The average molecular weight is 569 g/mol. The molecule has 0 amide bonds. The largest absolute Gasteiger partial charge is 0.376 e. The zero-order valence-corrected chi connectivity index (χ0v) is 22.4. The molecule has 2 aromatic rings. The molecule has 1 saturated heterocycles. The maximum atomic E-state index is 5.98. The molecule has 0 spiro atoms. The first-order chi connectivity index (χ1) is 15.3. The Morgan fingerprint density at radius 1 is 1.25 bits per heavy atom. The molecular weight excluding hydrogens is 531 g/mol. The van der Waals surface area contributed by atoms with Gasteiger partial charge in [0.15, 0.2) is 5.96 Å². The first-order valence-electron chi connectivity index (χ1n) is 11.9. The number of halogens is 1. The van der Waals surface area contributed by atoms with Gasteiger partial charge in [-0.3, -0.25) is 4.99 Å². The van der Waals surface area contributed by atoms with E-state index in [1.54, 1.807) is 0 Å². The normalized spacial score (nSPS) is 18.3. The van der Waals surface area contributed by atoms with Crippen molar-refractivity contribution in [2.45, 2.75) is 58.5 Å². The van der Waals surface area contributed by atoms with Crippen LogP contribution in [0.3, 0.4) is 0 Å². The zero-order valence-electron chi connectivity index (χ0n) is 19.2. The van der Waals surface area contributed by atoms with Crippen LogP contribution in [0.15, 0.2) is 35.3 Å². The van der Waals surface area contributed by atoms with Crippen molar-refractivity contribution in [3.63, 3.8) is 0 Å². The Kier molecular flexibility index (Phi) is 10.7. The fourth-order valence-corrected chi connectivity index (χ4v) is 5.63. The van der Waals surface area contributed by atoms with Gasteiger partial charge in [0.2, 0.25) is 0 Å². The molecule has 1 atom stereocenters. The molecule has 1 aliphatic carbocycles. The third-order valence-electron chi connectivity index (χ3n) is 6.09. The molecule has 0 saturated carbocycles. The maximum absolute atomic E-state index is 5.98. The van der Waals surface area contributed by atoms with Gasteiger partial charge in [-0.15, -0.1) is 35.3 Å². The Morgan fingerprint density at radius 3 is 2.91 bits per heavy atom. The number of hydrogen-bond acceptors (Lipinski definition) is 4. The van der Waals surface area contributed by atoms with Gasteiger partial charge < -0.3 is 15.0 Å². The number of aromatic nitrogens is 1. The van der Waals surface area contributed by atoms with E-state index in [0.717, 1.165) is 51.6 Å². The van der Waals surface area contributed by atoms with Crippen molar-refractivity contribution < 1.29 is 4.74 Å². The van der Waals surface area contributed by atoms with Gasteiger partial charge in [-0.05, 0) is 51.0 Å². The lowest BCUT2D eigenvalue weighted by atomic mass is 10.0. The molecule has 0 bridgehead atoms. The molecule has 5 nitrogen and oxygen atoms in total. The van der Waals surface area contributed by atoms with Crippen LogP contribution < -0.4 is 5.32 Å². The number of aliphatic imine (C=N–C) groups is 1. The lowest BCUT2D eigenvalue weighted by molar-refractivity contribution is 0.0907. The van der Waals surface area contributed by atoms with E-state index < -0.39 is 0 Å². The SMILES string of the molecule is CCNC(=NCCCc1nc2c(s1)CCCC2)N1CCC(COCc2ccccc2)C1.I. The van der Waals surface area contributed by atoms with Gasteiger partial charge in [0.05, 0.1) is 23.9 Å². The van der Waals surface area contributed by atoms with Crippen molar-refractivity contribution >= 4 is 41.3 Å². The van der Waals surface area contributed by atoms with Crippen molar-refractivity contribution in [1.82, 2.24) is 15.2 Å². The van der Waals surface area contributed by atoms with Crippen LogP contribution in [0.5, 0.6) is 0 Å². The standard InChI is InChI=1S/C25H36N4OS.HI/c1-2-26-25(27-15-8-13-24-28-22-11-6-7-12-23(22)31-24)29-16-14-21(17-29)19-30-18-20-9-4-3-5-10-20;/h3-5,9-10,21H,2,6-8,11-19H2,1H3,(H,26,27);1H. The topological polar surface area (TPSA) is 49.8 Å². The smallest absolute Gasteiger partial charge is 0.193 e. The molecule has 7 heteroatoms. The number of thiazole rings is 1. The molecule has 0 radical (unpaired) electrons. The summed E-state index contributed by atoms with van der Waals surface area (Å²) in [5.41, 5.74) is 2.62. The third kappa shape index (κ3) is 7.42. The summed E-state index contributed by atoms with van der Waals surface area (Å²) in [6.45, 7) is 7.52. The predicted molar refractivity (Wildman–Crippen MR) is 144 cm³/mol. The Labute approximate surface area is 214 Å². The molecule has 1 aliphatic heterocycles. The summed E-state index contributed by atoms with van der Waals surface area (Å²) < 4.78 is 5.98. The molecule has 2 aliphatic rings. The second-order valence-electron chi connectivity index (χ2n) is 8.63. The van der Waals surface area contributed by atoms with E-state index in [-0.39, 0.29) is 24.0 Å². The van der Waals surface area contributed by atoms with Crippen LogP contribution in [0.2, 0.25) is 0 Å². The van der Waals surface area contributed by atoms with Crippen LogP contribution in [0.25, 0.3) is 0 Å². The van der Waals surface area contributed by atoms with Gasteiger partial charge in [-0.25, -0.2) is 4.98 Å². The van der Waals surface area contributed by atoms with E-state index >= 15 is 0 Å². The molecule has 32 heavy (non-hydrogen) atoms. The Morgan fingerprint density at radius 2 is 2.09 bits per heavy atom. The summed E-state index contributed by atoms with van der Waals surface area (Å²) in [5.74, 6) is 1.64. The number of guanidine groups is 1. The highest BCUT2D eigenvalue weighted by Gasteiger charge is 2.25. The monoisotopic (exact) mass is 568 g/mol. The van der Waals surface area contributed by atoms with Gasteiger partial charge >= 0.3 is 0 Å². The highest BCUT2D eigenvalue weighted by Crippen LogP contribution is 2.27. The minimum Gasteiger partial charge on any atom is -0.376 e. The first kappa shape index (κ1) is 25.4. The molecular formula is C25H37IN4OS. The second-order valence-corrected chi connectivity index (χ2v) is 9.79. The Bertz CT molecular complexity index is 818. The number of ether oxygens (including phenoxy) is 1. The van der Waals surface area contributed by atoms with Crippen LogP contribution in [0.1, 0.15) is 53.7 Å².